The number of carbonyl (C=O) groups excluding carboxylic acids is 2. The topological polar surface area (TPSA) is 59.1 Å². The van der Waals surface area contributed by atoms with Gasteiger partial charge in [-0.1, -0.05) is 25.5 Å². The van der Waals surface area contributed by atoms with Gasteiger partial charge in [0, 0.05) is 30.6 Å². The Balaban J connectivity index is 2.21. The molecule has 1 aliphatic rings. The molecule has 0 aliphatic carbocycles. The zero-order valence-corrected chi connectivity index (χ0v) is 21.2. The molecule has 0 fully saturated rings. The second kappa shape index (κ2) is 11.0. The van der Waals surface area contributed by atoms with Crippen LogP contribution in [0.5, 0.6) is 11.5 Å². The Morgan fingerprint density at radius 1 is 1.09 bits per heavy atom. The lowest BCUT2D eigenvalue weighted by Gasteiger charge is -2.41. The molecule has 0 saturated heterocycles. The average Bonchev–Trinajstić information content (AvgIpc) is 2.85. The van der Waals surface area contributed by atoms with E-state index in [1.54, 1.807) is 50.1 Å². The number of thioether (sulfide) groups is 1. The minimum atomic E-state index is -0.542. The van der Waals surface area contributed by atoms with Crippen LogP contribution in [0.25, 0.3) is 0 Å². The van der Waals surface area contributed by atoms with E-state index in [-0.39, 0.29) is 11.8 Å². The summed E-state index contributed by atoms with van der Waals surface area (Å²) in [6.45, 7) is 5.44. The van der Waals surface area contributed by atoms with Gasteiger partial charge < -0.3 is 19.3 Å². The first kappa shape index (κ1) is 25.0. The lowest BCUT2D eigenvalue weighted by Crippen LogP contribution is -2.47. The summed E-state index contributed by atoms with van der Waals surface area (Å²) in [6.07, 6.45) is 3.97. The Morgan fingerprint density at radius 2 is 1.73 bits per heavy atom. The summed E-state index contributed by atoms with van der Waals surface area (Å²) < 4.78 is 11.0. The molecular formula is C26H34N2O4S. The molecular weight excluding hydrogens is 436 g/mol. The molecule has 0 saturated carbocycles. The van der Waals surface area contributed by atoms with Crippen LogP contribution in [0.2, 0.25) is 0 Å². The zero-order chi connectivity index (χ0) is 24.1. The number of hydrogen-bond donors (Lipinski definition) is 0. The third-order valence-electron chi connectivity index (χ3n) is 6.37. The summed E-state index contributed by atoms with van der Waals surface area (Å²) in [7, 11) is 4.89. The smallest absolute Gasteiger partial charge is 0.254 e. The van der Waals surface area contributed by atoms with E-state index in [0.29, 0.717) is 35.7 Å². The Morgan fingerprint density at radius 3 is 2.27 bits per heavy atom. The van der Waals surface area contributed by atoms with Crippen LogP contribution < -0.4 is 9.47 Å². The highest BCUT2D eigenvalue weighted by Gasteiger charge is 2.44. The van der Waals surface area contributed by atoms with Gasteiger partial charge in [0.2, 0.25) is 5.91 Å². The average molecular weight is 471 g/mol. The number of methoxy groups -OCH3 is 2. The Kier molecular flexibility index (Phi) is 8.30. The van der Waals surface area contributed by atoms with E-state index in [2.05, 4.69) is 6.92 Å². The monoisotopic (exact) mass is 470 g/mol. The number of rotatable bonds is 9. The molecule has 2 atom stereocenters. The van der Waals surface area contributed by atoms with E-state index in [9.17, 15) is 9.59 Å². The number of amides is 2. The van der Waals surface area contributed by atoms with Crippen molar-refractivity contribution in [3.05, 3.63) is 53.1 Å². The number of nitrogens with zero attached hydrogens (tertiary/aromatic N) is 2. The van der Waals surface area contributed by atoms with Crippen LogP contribution in [-0.2, 0) is 4.79 Å². The van der Waals surface area contributed by atoms with Crippen molar-refractivity contribution in [1.29, 1.82) is 0 Å². The summed E-state index contributed by atoms with van der Waals surface area (Å²) >= 11 is 1.66. The molecule has 0 radical (unpaired) electrons. The summed E-state index contributed by atoms with van der Waals surface area (Å²) in [5, 5.41) is 0. The highest BCUT2D eigenvalue weighted by molar-refractivity contribution is 7.98. The van der Waals surface area contributed by atoms with Gasteiger partial charge in [0.15, 0.2) is 11.5 Å². The van der Waals surface area contributed by atoms with E-state index in [1.165, 1.54) is 0 Å². The third kappa shape index (κ3) is 4.83. The maximum atomic E-state index is 14.0. The minimum Gasteiger partial charge on any atom is -0.493 e. The number of carbonyl (C=O) groups is 2. The molecule has 6 nitrogen and oxygen atoms in total. The Labute approximate surface area is 201 Å². The van der Waals surface area contributed by atoms with Crippen molar-refractivity contribution in [2.24, 2.45) is 0 Å². The number of benzene rings is 2. The van der Waals surface area contributed by atoms with Crippen molar-refractivity contribution in [3.8, 4) is 11.5 Å². The van der Waals surface area contributed by atoms with Gasteiger partial charge >= 0.3 is 0 Å². The predicted octanol–water partition coefficient (Wildman–Crippen LogP) is 4.98. The molecule has 2 amide bonds. The molecule has 0 unspecified atom stereocenters. The number of unbranched alkanes of at least 4 members (excludes halogenated alkanes) is 1. The van der Waals surface area contributed by atoms with Crippen LogP contribution in [0, 0.1) is 0 Å². The van der Waals surface area contributed by atoms with Gasteiger partial charge in [0.25, 0.3) is 5.91 Å². The van der Waals surface area contributed by atoms with E-state index in [0.717, 1.165) is 23.3 Å². The lowest BCUT2D eigenvalue weighted by atomic mass is 9.78. The molecule has 0 bridgehead atoms. The van der Waals surface area contributed by atoms with E-state index in [4.69, 9.17) is 9.47 Å². The molecule has 178 valence electrons. The van der Waals surface area contributed by atoms with Crippen LogP contribution in [0.4, 0.5) is 0 Å². The molecule has 3 rings (SSSR count). The quantitative estimate of drug-likeness (QED) is 0.484. The Hall–Kier alpha value is -2.67. The molecule has 0 N–H and O–H groups in total. The summed E-state index contributed by atoms with van der Waals surface area (Å²) in [6, 6.07) is 11.2. The van der Waals surface area contributed by atoms with Crippen molar-refractivity contribution in [2.45, 2.75) is 43.5 Å². The Bertz CT molecular complexity index is 993. The molecule has 1 aliphatic heterocycles. The van der Waals surface area contributed by atoms with Crippen molar-refractivity contribution < 1.29 is 19.1 Å². The van der Waals surface area contributed by atoms with Crippen molar-refractivity contribution in [1.82, 2.24) is 9.80 Å². The number of fused-ring (bicyclic) bond motifs is 1. The number of ether oxygens (including phenoxy) is 2. The normalized spacial score (nSPS) is 17.5. The summed E-state index contributed by atoms with van der Waals surface area (Å²) in [4.78, 5) is 32.2. The second-order valence-electron chi connectivity index (χ2n) is 8.18. The van der Waals surface area contributed by atoms with Crippen LogP contribution in [0.1, 0.15) is 60.1 Å². The van der Waals surface area contributed by atoms with Crippen LogP contribution in [0.3, 0.4) is 0 Å². The fourth-order valence-electron chi connectivity index (χ4n) is 4.50. The highest BCUT2D eigenvalue weighted by Crippen LogP contribution is 2.46. The molecule has 0 aromatic heterocycles. The number of likely N-dealkylation sites (N-methyl/N-ethyl adjacent to an activating group) is 2. The molecule has 2 aromatic rings. The van der Waals surface area contributed by atoms with Gasteiger partial charge in [-0.25, -0.2) is 0 Å². The first-order chi connectivity index (χ1) is 15.9. The molecule has 7 heteroatoms. The zero-order valence-electron chi connectivity index (χ0n) is 20.4. The molecule has 2 aromatic carbocycles. The summed E-state index contributed by atoms with van der Waals surface area (Å²) in [5.74, 6) is 0.340. The maximum Gasteiger partial charge on any atom is 0.254 e. The largest absolute Gasteiger partial charge is 0.493 e. The van der Waals surface area contributed by atoms with Crippen LogP contribution >= 0.6 is 11.8 Å². The van der Waals surface area contributed by atoms with Gasteiger partial charge in [0.05, 0.1) is 26.2 Å². The lowest BCUT2D eigenvalue weighted by molar-refractivity contribution is -0.134. The van der Waals surface area contributed by atoms with Gasteiger partial charge in [-0.3, -0.25) is 9.59 Å². The molecule has 33 heavy (non-hydrogen) atoms. The van der Waals surface area contributed by atoms with Crippen LogP contribution in [-0.4, -0.2) is 62.2 Å². The fraction of sp³-hybridized carbons (Fsp3) is 0.462. The second-order valence-corrected chi connectivity index (χ2v) is 9.06. The van der Waals surface area contributed by atoms with Gasteiger partial charge in [0.1, 0.15) is 0 Å². The first-order valence-electron chi connectivity index (χ1n) is 11.4. The van der Waals surface area contributed by atoms with E-state index >= 15 is 0 Å². The SMILES string of the molecule is CCCCN(CC)C(=O)[C@H]1c2cc(OC)c(OC)cc2C(=O)N(C)[C@H]1c1ccc(SC)cc1. The minimum absolute atomic E-state index is 0.0257. The van der Waals surface area contributed by atoms with E-state index in [1.807, 2.05) is 42.3 Å². The highest BCUT2D eigenvalue weighted by atomic mass is 32.2. The molecule has 0 spiro atoms. The first-order valence-corrected chi connectivity index (χ1v) is 12.6. The number of hydrogen-bond acceptors (Lipinski definition) is 5. The summed E-state index contributed by atoms with van der Waals surface area (Å²) in [5.41, 5.74) is 2.11. The van der Waals surface area contributed by atoms with Gasteiger partial charge in [-0.2, -0.15) is 0 Å². The third-order valence-corrected chi connectivity index (χ3v) is 7.12. The fourth-order valence-corrected chi connectivity index (χ4v) is 4.91. The maximum absolute atomic E-state index is 14.0. The van der Waals surface area contributed by atoms with Crippen molar-refractivity contribution >= 4 is 23.6 Å². The van der Waals surface area contributed by atoms with Gasteiger partial charge in [-0.05, 0) is 55.0 Å². The molecule has 1 heterocycles. The standard InChI is InChI=1S/C26H34N2O4S/c1-7-9-14-28(8-2)26(30)23-19-15-21(31-4)22(32-5)16-20(19)25(29)27(3)24(23)17-10-12-18(33-6)13-11-17/h10-13,15-16,23-24H,7-9,14H2,1-6H3/t23-,24-/m0/s1. The van der Waals surface area contributed by atoms with Crippen LogP contribution in [0.15, 0.2) is 41.3 Å². The van der Waals surface area contributed by atoms with Crippen molar-refractivity contribution in [2.75, 3.05) is 40.6 Å². The van der Waals surface area contributed by atoms with E-state index < -0.39 is 12.0 Å². The van der Waals surface area contributed by atoms with Gasteiger partial charge in [-0.15, -0.1) is 11.8 Å². The predicted molar refractivity (Wildman–Crippen MR) is 133 cm³/mol. The van der Waals surface area contributed by atoms with Crippen molar-refractivity contribution in [3.63, 3.8) is 0 Å².